The van der Waals surface area contributed by atoms with Crippen LogP contribution in [0.5, 0.6) is 5.75 Å². The smallest absolute Gasteiger partial charge is 0.414 e. The summed E-state index contributed by atoms with van der Waals surface area (Å²) in [6.45, 7) is 3.61. The summed E-state index contributed by atoms with van der Waals surface area (Å²) in [5, 5.41) is 9.58. The van der Waals surface area contributed by atoms with E-state index in [0.717, 1.165) is 25.2 Å². The first kappa shape index (κ1) is 23.4. The van der Waals surface area contributed by atoms with Crippen LogP contribution >= 0.6 is 0 Å². The van der Waals surface area contributed by atoms with Crippen LogP contribution in [0.3, 0.4) is 0 Å². The van der Waals surface area contributed by atoms with Crippen LogP contribution < -0.4 is 4.90 Å². The van der Waals surface area contributed by atoms with Gasteiger partial charge in [0.05, 0.1) is 18.8 Å². The van der Waals surface area contributed by atoms with Gasteiger partial charge in [-0.3, -0.25) is 9.80 Å². The van der Waals surface area contributed by atoms with Gasteiger partial charge in [-0.1, -0.05) is 48.5 Å². The zero-order valence-electron chi connectivity index (χ0n) is 19.7. The molecule has 2 fully saturated rings. The second kappa shape index (κ2) is 10.5. The van der Waals surface area contributed by atoms with E-state index in [1.54, 1.807) is 36.4 Å². The number of amides is 1. The Morgan fingerprint density at radius 3 is 2.34 bits per heavy atom. The summed E-state index contributed by atoms with van der Waals surface area (Å²) in [5.41, 5.74) is 2.60. The Morgan fingerprint density at radius 2 is 1.66 bits per heavy atom. The van der Waals surface area contributed by atoms with Crippen molar-refractivity contribution in [2.24, 2.45) is 17.8 Å². The lowest BCUT2D eigenvalue weighted by Crippen LogP contribution is -2.44. The fraction of sp³-hybridized carbons (Fsp3) is 0.345. The van der Waals surface area contributed by atoms with E-state index in [1.807, 2.05) is 6.07 Å². The van der Waals surface area contributed by atoms with Crippen molar-refractivity contribution in [1.29, 1.82) is 0 Å². The highest BCUT2D eigenvalue weighted by Crippen LogP contribution is 2.42. The number of rotatable bonds is 7. The van der Waals surface area contributed by atoms with Gasteiger partial charge in [0.25, 0.3) is 0 Å². The lowest BCUT2D eigenvalue weighted by atomic mass is 9.85. The molecule has 2 unspecified atom stereocenters. The number of carbonyl (C=O) groups excluding carboxylic acids is 1. The van der Waals surface area contributed by atoms with Crippen LogP contribution in [0.1, 0.15) is 24.0 Å². The van der Waals surface area contributed by atoms with Gasteiger partial charge in [-0.05, 0) is 66.1 Å². The highest BCUT2D eigenvalue weighted by Gasteiger charge is 2.42. The van der Waals surface area contributed by atoms with Gasteiger partial charge in [0.2, 0.25) is 0 Å². The molecule has 2 aliphatic rings. The van der Waals surface area contributed by atoms with Crippen molar-refractivity contribution in [3.05, 3.63) is 95.8 Å². The molecule has 0 aromatic heterocycles. The number of carbonyl (C=O) groups is 1. The van der Waals surface area contributed by atoms with Crippen molar-refractivity contribution < 1.29 is 19.0 Å². The molecule has 0 radical (unpaired) electrons. The molecule has 6 heteroatoms. The molecule has 1 aliphatic heterocycles. The lowest BCUT2D eigenvalue weighted by molar-refractivity contribution is 0.0506. The largest absolute Gasteiger partial charge is 0.508 e. The Labute approximate surface area is 205 Å². The molecule has 35 heavy (non-hydrogen) atoms. The number of benzene rings is 3. The number of ether oxygens (including phenoxy) is 1. The fourth-order valence-electron chi connectivity index (χ4n) is 5.61. The monoisotopic (exact) mass is 474 g/mol. The van der Waals surface area contributed by atoms with E-state index >= 15 is 0 Å². The predicted molar refractivity (Wildman–Crippen MR) is 133 cm³/mol. The zero-order valence-corrected chi connectivity index (χ0v) is 19.7. The van der Waals surface area contributed by atoms with Gasteiger partial charge < -0.3 is 9.84 Å². The standard InChI is InChI=1S/C29H31FN2O3/c30-25-7-4-8-26(15-25)32(17-22-9-13-27(33)14-10-22)29(34)35-20-28-23-11-12-24(28)19-31(18-23)16-21-5-2-1-3-6-21/h1-10,13-15,23-24,28,33H,11-12,16-20H2. The third-order valence-electron chi connectivity index (χ3n) is 7.37. The number of aromatic hydroxyl groups is 1. The Bertz CT molecular complexity index is 1120. The summed E-state index contributed by atoms with van der Waals surface area (Å²) < 4.78 is 19.8. The fourth-order valence-corrected chi connectivity index (χ4v) is 5.61. The highest BCUT2D eigenvalue weighted by atomic mass is 19.1. The third kappa shape index (κ3) is 5.65. The van der Waals surface area contributed by atoms with Crippen LogP contribution in [0.25, 0.3) is 0 Å². The quantitative estimate of drug-likeness (QED) is 0.468. The van der Waals surface area contributed by atoms with Gasteiger partial charge in [-0.2, -0.15) is 0 Å². The second-order valence-corrected chi connectivity index (χ2v) is 9.75. The first-order valence-electron chi connectivity index (χ1n) is 12.3. The average molecular weight is 475 g/mol. The summed E-state index contributed by atoms with van der Waals surface area (Å²) in [6, 6.07) is 23.2. The number of nitrogens with zero attached hydrogens (tertiary/aromatic N) is 2. The maximum Gasteiger partial charge on any atom is 0.414 e. The molecular formula is C29H31FN2O3. The van der Waals surface area contributed by atoms with Crippen molar-refractivity contribution in [2.75, 3.05) is 24.6 Å². The van der Waals surface area contributed by atoms with E-state index in [-0.39, 0.29) is 12.3 Å². The minimum Gasteiger partial charge on any atom is -0.508 e. The molecule has 5 rings (SSSR count). The minimum atomic E-state index is -0.477. The number of hydrogen-bond donors (Lipinski definition) is 1. The molecule has 1 amide bonds. The molecule has 1 aliphatic carbocycles. The molecule has 3 aromatic rings. The number of hydrogen-bond acceptors (Lipinski definition) is 4. The van der Waals surface area contributed by atoms with Crippen molar-refractivity contribution in [2.45, 2.75) is 25.9 Å². The molecule has 5 nitrogen and oxygen atoms in total. The molecule has 2 bridgehead atoms. The van der Waals surface area contributed by atoms with Crippen LogP contribution in [0, 0.1) is 23.6 Å². The van der Waals surface area contributed by atoms with Crippen molar-refractivity contribution in [3.8, 4) is 5.75 Å². The first-order valence-corrected chi connectivity index (χ1v) is 12.3. The summed E-state index contributed by atoms with van der Waals surface area (Å²) in [7, 11) is 0. The van der Waals surface area contributed by atoms with Crippen LogP contribution in [-0.2, 0) is 17.8 Å². The summed E-state index contributed by atoms with van der Waals surface area (Å²) >= 11 is 0. The maximum absolute atomic E-state index is 13.9. The summed E-state index contributed by atoms with van der Waals surface area (Å²) in [4.78, 5) is 17.2. The van der Waals surface area contributed by atoms with E-state index in [4.69, 9.17) is 4.74 Å². The first-order chi connectivity index (χ1) is 17.0. The number of phenolic OH excluding ortho intramolecular Hbond substituents is 1. The molecule has 1 saturated carbocycles. The summed E-state index contributed by atoms with van der Waals surface area (Å²) in [6.07, 6.45) is 1.85. The number of phenols is 1. The van der Waals surface area contributed by atoms with E-state index in [0.29, 0.717) is 30.0 Å². The molecule has 1 N–H and O–H groups in total. The van der Waals surface area contributed by atoms with E-state index in [9.17, 15) is 14.3 Å². The van der Waals surface area contributed by atoms with Crippen molar-refractivity contribution >= 4 is 11.8 Å². The Balaban J connectivity index is 1.23. The number of likely N-dealkylation sites (tertiary alicyclic amines) is 1. The Morgan fingerprint density at radius 1 is 0.943 bits per heavy atom. The number of halogens is 1. The molecule has 2 atom stereocenters. The van der Waals surface area contributed by atoms with E-state index < -0.39 is 11.9 Å². The Hall–Kier alpha value is -3.38. The minimum absolute atomic E-state index is 0.155. The molecular weight excluding hydrogens is 443 g/mol. The molecule has 1 heterocycles. The molecule has 182 valence electrons. The van der Waals surface area contributed by atoms with Gasteiger partial charge in [0.1, 0.15) is 11.6 Å². The zero-order chi connectivity index (χ0) is 24.2. The summed E-state index contributed by atoms with van der Waals surface area (Å²) in [5.74, 6) is 1.14. The van der Waals surface area contributed by atoms with Crippen LogP contribution in [0.4, 0.5) is 14.9 Å². The number of fused-ring (bicyclic) bond motifs is 2. The van der Waals surface area contributed by atoms with Gasteiger partial charge in [-0.15, -0.1) is 0 Å². The molecule has 1 saturated heterocycles. The number of anilines is 1. The van der Waals surface area contributed by atoms with Crippen LogP contribution in [0.2, 0.25) is 0 Å². The highest BCUT2D eigenvalue weighted by molar-refractivity contribution is 5.87. The van der Waals surface area contributed by atoms with Gasteiger partial charge in [-0.25, -0.2) is 9.18 Å². The predicted octanol–water partition coefficient (Wildman–Crippen LogP) is 5.83. The van der Waals surface area contributed by atoms with Crippen LogP contribution in [-0.4, -0.2) is 35.8 Å². The van der Waals surface area contributed by atoms with E-state index in [2.05, 4.69) is 29.2 Å². The molecule has 0 spiro atoms. The number of piperidine rings is 1. The van der Waals surface area contributed by atoms with Gasteiger partial charge >= 0.3 is 6.09 Å². The van der Waals surface area contributed by atoms with Crippen molar-refractivity contribution in [3.63, 3.8) is 0 Å². The van der Waals surface area contributed by atoms with Gasteiger partial charge in [0, 0.05) is 25.6 Å². The van der Waals surface area contributed by atoms with Crippen LogP contribution in [0.15, 0.2) is 78.9 Å². The van der Waals surface area contributed by atoms with Crippen molar-refractivity contribution in [1.82, 2.24) is 4.90 Å². The average Bonchev–Trinajstić information content (AvgIpc) is 3.10. The Kier molecular flexibility index (Phi) is 7.00. The maximum atomic E-state index is 13.9. The van der Waals surface area contributed by atoms with E-state index in [1.165, 1.54) is 35.4 Å². The topological polar surface area (TPSA) is 53.0 Å². The third-order valence-corrected chi connectivity index (χ3v) is 7.37. The lowest BCUT2D eigenvalue weighted by Gasteiger charge is -2.38. The normalized spacial score (nSPS) is 21.6. The second-order valence-electron chi connectivity index (χ2n) is 9.75. The van der Waals surface area contributed by atoms with Gasteiger partial charge in [0.15, 0.2) is 0 Å². The molecule has 3 aromatic carbocycles. The SMILES string of the molecule is O=C(OCC1C2CCC1CN(Cc1ccccc1)C2)N(Cc1ccc(O)cc1)c1cccc(F)c1.